The average molecular weight is 192 g/mol. The highest BCUT2D eigenvalue weighted by Crippen LogP contribution is 2.33. The number of carbonyl (C=O) groups excluding carboxylic acids is 1. The van der Waals surface area contributed by atoms with E-state index in [1.165, 1.54) is 6.92 Å². The molecule has 1 heterocycles. The zero-order valence-corrected chi connectivity index (χ0v) is 7.85. The zero-order chi connectivity index (χ0) is 10.1. The standard InChI is InChI=1S/C9H14F2O2/c1-6(12)8-5-9(10,11)3-4-13-7(8)2/h7-8H,3-5H2,1-2H3. The molecule has 76 valence electrons. The lowest BCUT2D eigenvalue weighted by atomic mass is 9.92. The number of hydrogen-bond donors (Lipinski definition) is 0. The van der Waals surface area contributed by atoms with Gasteiger partial charge in [-0.1, -0.05) is 0 Å². The van der Waals surface area contributed by atoms with Crippen LogP contribution < -0.4 is 0 Å². The monoisotopic (exact) mass is 192 g/mol. The molecule has 1 aliphatic heterocycles. The molecule has 0 bridgehead atoms. The third-order valence-electron chi connectivity index (χ3n) is 2.46. The third kappa shape index (κ3) is 2.72. The van der Waals surface area contributed by atoms with Crippen molar-refractivity contribution in [1.82, 2.24) is 0 Å². The zero-order valence-electron chi connectivity index (χ0n) is 7.85. The first-order valence-corrected chi connectivity index (χ1v) is 4.42. The molecule has 2 atom stereocenters. The van der Waals surface area contributed by atoms with Gasteiger partial charge in [0.1, 0.15) is 5.78 Å². The summed E-state index contributed by atoms with van der Waals surface area (Å²) in [7, 11) is 0. The van der Waals surface area contributed by atoms with Crippen LogP contribution in [0.1, 0.15) is 26.7 Å². The van der Waals surface area contributed by atoms with Crippen LogP contribution in [-0.2, 0) is 9.53 Å². The number of ether oxygens (including phenoxy) is 1. The Balaban J connectivity index is 2.73. The Labute approximate surface area is 76.3 Å². The Morgan fingerprint density at radius 3 is 2.69 bits per heavy atom. The summed E-state index contributed by atoms with van der Waals surface area (Å²) in [4.78, 5) is 11.0. The van der Waals surface area contributed by atoms with Crippen LogP contribution in [-0.4, -0.2) is 24.4 Å². The van der Waals surface area contributed by atoms with Gasteiger partial charge in [0, 0.05) is 18.8 Å². The molecule has 13 heavy (non-hydrogen) atoms. The molecule has 0 aromatic heterocycles. The quantitative estimate of drug-likeness (QED) is 0.635. The largest absolute Gasteiger partial charge is 0.378 e. The summed E-state index contributed by atoms with van der Waals surface area (Å²) in [6.45, 7) is 3.05. The molecular formula is C9H14F2O2. The van der Waals surface area contributed by atoms with E-state index in [4.69, 9.17) is 4.74 Å². The van der Waals surface area contributed by atoms with E-state index in [1.54, 1.807) is 6.92 Å². The van der Waals surface area contributed by atoms with E-state index in [2.05, 4.69) is 0 Å². The lowest BCUT2D eigenvalue weighted by molar-refractivity contribution is -0.127. The molecule has 1 aliphatic rings. The molecule has 2 unspecified atom stereocenters. The van der Waals surface area contributed by atoms with E-state index < -0.39 is 11.8 Å². The summed E-state index contributed by atoms with van der Waals surface area (Å²) in [5.74, 6) is -3.62. The average Bonchev–Trinajstić information content (AvgIpc) is 2.10. The molecular weight excluding hydrogens is 178 g/mol. The summed E-state index contributed by atoms with van der Waals surface area (Å²) >= 11 is 0. The first kappa shape index (κ1) is 10.6. The molecule has 1 fully saturated rings. The van der Waals surface area contributed by atoms with Crippen molar-refractivity contribution in [2.75, 3.05) is 6.61 Å². The summed E-state index contributed by atoms with van der Waals surface area (Å²) < 4.78 is 31.1. The van der Waals surface area contributed by atoms with Gasteiger partial charge in [0.05, 0.1) is 12.7 Å². The van der Waals surface area contributed by atoms with E-state index in [-0.39, 0.29) is 31.3 Å². The van der Waals surface area contributed by atoms with Crippen LogP contribution in [0.5, 0.6) is 0 Å². The number of rotatable bonds is 1. The molecule has 0 saturated carbocycles. The fourth-order valence-electron chi connectivity index (χ4n) is 1.57. The molecule has 0 amide bonds. The Morgan fingerprint density at radius 2 is 2.15 bits per heavy atom. The molecule has 4 heteroatoms. The molecule has 0 spiro atoms. The fraction of sp³-hybridized carbons (Fsp3) is 0.889. The number of alkyl halides is 2. The van der Waals surface area contributed by atoms with Crippen LogP contribution in [0.2, 0.25) is 0 Å². The first-order chi connectivity index (χ1) is 5.92. The Hall–Kier alpha value is -0.510. The van der Waals surface area contributed by atoms with E-state index in [1.807, 2.05) is 0 Å². The maximum atomic E-state index is 13.0. The van der Waals surface area contributed by atoms with Crippen LogP contribution in [0.3, 0.4) is 0 Å². The summed E-state index contributed by atoms with van der Waals surface area (Å²) in [5.41, 5.74) is 0. The van der Waals surface area contributed by atoms with Crippen LogP contribution in [0.15, 0.2) is 0 Å². The van der Waals surface area contributed by atoms with Crippen molar-refractivity contribution in [3.63, 3.8) is 0 Å². The van der Waals surface area contributed by atoms with Gasteiger partial charge in [-0.25, -0.2) is 8.78 Å². The highest BCUT2D eigenvalue weighted by molar-refractivity contribution is 5.78. The molecule has 0 aromatic rings. The molecule has 1 rings (SSSR count). The van der Waals surface area contributed by atoms with E-state index in [0.717, 1.165) is 0 Å². The van der Waals surface area contributed by atoms with Gasteiger partial charge in [-0.2, -0.15) is 0 Å². The maximum absolute atomic E-state index is 13.0. The van der Waals surface area contributed by atoms with Crippen LogP contribution in [0, 0.1) is 5.92 Å². The van der Waals surface area contributed by atoms with Gasteiger partial charge in [-0.15, -0.1) is 0 Å². The van der Waals surface area contributed by atoms with Crippen molar-refractivity contribution in [2.24, 2.45) is 5.92 Å². The second-order valence-electron chi connectivity index (χ2n) is 3.60. The minimum atomic E-state index is -2.75. The van der Waals surface area contributed by atoms with Crippen LogP contribution in [0.25, 0.3) is 0 Å². The molecule has 1 saturated heterocycles. The van der Waals surface area contributed by atoms with Gasteiger partial charge < -0.3 is 4.74 Å². The lowest BCUT2D eigenvalue weighted by Crippen LogP contribution is -2.29. The Bertz CT molecular complexity index is 204. The second-order valence-corrected chi connectivity index (χ2v) is 3.60. The van der Waals surface area contributed by atoms with Crippen molar-refractivity contribution < 1.29 is 18.3 Å². The Morgan fingerprint density at radius 1 is 1.54 bits per heavy atom. The SMILES string of the molecule is CC(=O)C1CC(F)(F)CCOC1C. The normalized spacial score (nSPS) is 33.8. The number of Topliss-reactive ketones (excluding diaryl/α,β-unsaturated/α-hetero) is 1. The molecule has 0 aliphatic carbocycles. The van der Waals surface area contributed by atoms with Gasteiger partial charge >= 0.3 is 0 Å². The van der Waals surface area contributed by atoms with Gasteiger partial charge in [-0.05, 0) is 13.8 Å². The van der Waals surface area contributed by atoms with E-state index in [9.17, 15) is 13.6 Å². The number of ketones is 1. The topological polar surface area (TPSA) is 26.3 Å². The highest BCUT2D eigenvalue weighted by atomic mass is 19.3. The van der Waals surface area contributed by atoms with E-state index in [0.29, 0.717) is 0 Å². The summed E-state index contributed by atoms with van der Waals surface area (Å²) in [6.07, 6.45) is -1.03. The van der Waals surface area contributed by atoms with Crippen molar-refractivity contribution >= 4 is 5.78 Å². The summed E-state index contributed by atoms with van der Waals surface area (Å²) in [5, 5.41) is 0. The molecule has 0 aromatic carbocycles. The van der Waals surface area contributed by atoms with Crippen LogP contribution >= 0.6 is 0 Å². The smallest absolute Gasteiger partial charge is 0.251 e. The third-order valence-corrected chi connectivity index (χ3v) is 2.46. The predicted octanol–water partition coefficient (Wildman–Crippen LogP) is 2.03. The van der Waals surface area contributed by atoms with E-state index >= 15 is 0 Å². The number of carbonyl (C=O) groups is 1. The number of halogens is 2. The Kier molecular flexibility index (Phi) is 3.01. The van der Waals surface area contributed by atoms with Crippen molar-refractivity contribution in [3.8, 4) is 0 Å². The second kappa shape index (κ2) is 3.70. The minimum absolute atomic E-state index is 0.0396. The number of hydrogen-bond acceptors (Lipinski definition) is 2. The predicted molar refractivity (Wildman–Crippen MR) is 43.8 cm³/mol. The van der Waals surface area contributed by atoms with Crippen LogP contribution in [0.4, 0.5) is 8.78 Å². The first-order valence-electron chi connectivity index (χ1n) is 4.42. The van der Waals surface area contributed by atoms with Crippen molar-refractivity contribution in [1.29, 1.82) is 0 Å². The molecule has 0 N–H and O–H groups in total. The molecule has 0 radical (unpaired) electrons. The summed E-state index contributed by atoms with van der Waals surface area (Å²) in [6, 6.07) is 0. The van der Waals surface area contributed by atoms with Crippen molar-refractivity contribution in [2.45, 2.75) is 38.7 Å². The van der Waals surface area contributed by atoms with Crippen molar-refractivity contribution in [3.05, 3.63) is 0 Å². The van der Waals surface area contributed by atoms with Gasteiger partial charge in [0.2, 0.25) is 0 Å². The maximum Gasteiger partial charge on any atom is 0.251 e. The van der Waals surface area contributed by atoms with Gasteiger partial charge in [0.15, 0.2) is 0 Å². The van der Waals surface area contributed by atoms with Gasteiger partial charge in [-0.3, -0.25) is 4.79 Å². The highest BCUT2D eigenvalue weighted by Gasteiger charge is 2.39. The fourth-order valence-corrected chi connectivity index (χ4v) is 1.57. The minimum Gasteiger partial charge on any atom is -0.378 e. The van der Waals surface area contributed by atoms with Gasteiger partial charge in [0.25, 0.3) is 5.92 Å². The molecule has 2 nitrogen and oxygen atoms in total. The lowest BCUT2D eigenvalue weighted by Gasteiger charge is -2.20.